The second-order valence-corrected chi connectivity index (χ2v) is 7.69. The second-order valence-electron chi connectivity index (χ2n) is 7.69. The fraction of sp³-hybridized carbons (Fsp3) is 0.522. The molecule has 3 rings (SSSR count). The number of hydrogen-bond donors (Lipinski definition) is 3. The minimum Gasteiger partial charge on any atom is -0.481 e. The quantitative estimate of drug-likeness (QED) is 0.487. The number of aromatic nitrogens is 2. The van der Waals surface area contributed by atoms with E-state index in [4.69, 9.17) is 9.47 Å². The summed E-state index contributed by atoms with van der Waals surface area (Å²) < 4.78 is 11.5. The van der Waals surface area contributed by atoms with Gasteiger partial charge in [0.05, 0.1) is 43.3 Å². The molecule has 2 aromatic rings. The number of aliphatic carboxylic acids is 1. The molecule has 0 bridgehead atoms. The predicted molar refractivity (Wildman–Crippen MR) is 120 cm³/mol. The van der Waals surface area contributed by atoms with Crippen molar-refractivity contribution in [3.63, 3.8) is 0 Å². The highest BCUT2D eigenvalue weighted by Gasteiger charge is 2.43. The Morgan fingerprint density at radius 1 is 1.23 bits per heavy atom. The van der Waals surface area contributed by atoms with Crippen LogP contribution in [0.1, 0.15) is 57.9 Å². The Morgan fingerprint density at radius 3 is 2.52 bits per heavy atom. The number of carboxylic acids is 1. The van der Waals surface area contributed by atoms with E-state index in [0.29, 0.717) is 25.6 Å². The van der Waals surface area contributed by atoms with Crippen LogP contribution in [0.25, 0.3) is 0 Å². The predicted octanol–water partition coefficient (Wildman–Crippen LogP) is 4.26. The third kappa shape index (κ3) is 5.44. The topological polar surface area (TPSA) is 106 Å². The van der Waals surface area contributed by atoms with Crippen molar-refractivity contribution in [3.8, 4) is 6.01 Å². The first-order valence-corrected chi connectivity index (χ1v) is 11.0. The van der Waals surface area contributed by atoms with E-state index < -0.39 is 17.6 Å². The highest BCUT2D eigenvalue weighted by Crippen LogP contribution is 2.33. The Balaban J connectivity index is 1.71. The summed E-state index contributed by atoms with van der Waals surface area (Å²) in [6, 6.07) is 8.06. The van der Waals surface area contributed by atoms with E-state index in [0.717, 1.165) is 36.2 Å². The normalized spacial score (nSPS) is 21.5. The van der Waals surface area contributed by atoms with E-state index in [1.165, 1.54) is 0 Å². The number of nitrogens with one attached hydrogen (secondary N) is 2. The van der Waals surface area contributed by atoms with Crippen LogP contribution < -0.4 is 15.4 Å². The van der Waals surface area contributed by atoms with E-state index in [9.17, 15) is 9.90 Å². The van der Waals surface area contributed by atoms with Gasteiger partial charge in [-0.3, -0.25) is 4.79 Å². The van der Waals surface area contributed by atoms with Crippen LogP contribution in [0.2, 0.25) is 0 Å². The van der Waals surface area contributed by atoms with Gasteiger partial charge in [0.25, 0.3) is 0 Å². The van der Waals surface area contributed by atoms with Gasteiger partial charge in [0.15, 0.2) is 5.72 Å². The average Bonchev–Trinajstić information content (AvgIpc) is 3.16. The van der Waals surface area contributed by atoms with Gasteiger partial charge in [0.1, 0.15) is 0 Å². The van der Waals surface area contributed by atoms with Crippen LogP contribution in [0.15, 0.2) is 36.7 Å². The molecular weight excluding hydrogens is 396 g/mol. The molecule has 1 fully saturated rings. The van der Waals surface area contributed by atoms with Gasteiger partial charge < -0.3 is 25.2 Å². The molecule has 1 aliphatic rings. The Morgan fingerprint density at radius 2 is 1.94 bits per heavy atom. The van der Waals surface area contributed by atoms with Crippen LogP contribution in [0.3, 0.4) is 0 Å². The van der Waals surface area contributed by atoms with Crippen molar-refractivity contribution in [2.75, 3.05) is 23.8 Å². The fourth-order valence-corrected chi connectivity index (χ4v) is 4.00. The molecule has 1 aliphatic heterocycles. The molecule has 3 N–H and O–H groups in total. The van der Waals surface area contributed by atoms with Crippen molar-refractivity contribution in [2.45, 2.75) is 64.1 Å². The smallest absolute Gasteiger partial charge is 0.316 e. The lowest BCUT2D eigenvalue weighted by Gasteiger charge is -2.36. The van der Waals surface area contributed by atoms with Crippen LogP contribution in [-0.2, 0) is 9.53 Å². The lowest BCUT2D eigenvalue weighted by molar-refractivity contribution is -0.139. The number of nitrogens with zero attached hydrogens (tertiary/aromatic N) is 2. The average molecular weight is 429 g/mol. The first-order valence-electron chi connectivity index (χ1n) is 11.0. The molecule has 8 heteroatoms. The summed E-state index contributed by atoms with van der Waals surface area (Å²) in [5.41, 5.74) is 1.93. The van der Waals surface area contributed by atoms with Gasteiger partial charge in [-0.1, -0.05) is 32.4 Å². The summed E-state index contributed by atoms with van der Waals surface area (Å²) in [6.07, 6.45) is 6.44. The molecule has 0 aliphatic carbocycles. The summed E-state index contributed by atoms with van der Waals surface area (Å²) >= 11 is 0. The van der Waals surface area contributed by atoms with Gasteiger partial charge in [0.2, 0.25) is 0 Å². The maximum Gasteiger partial charge on any atom is 0.316 e. The third-order valence-electron chi connectivity index (χ3n) is 5.64. The largest absolute Gasteiger partial charge is 0.481 e. The maximum absolute atomic E-state index is 11.6. The molecule has 31 heavy (non-hydrogen) atoms. The van der Waals surface area contributed by atoms with Crippen molar-refractivity contribution in [1.82, 2.24) is 9.97 Å². The Labute approximate surface area is 183 Å². The molecule has 2 heterocycles. The molecule has 1 aromatic carbocycles. The first-order chi connectivity index (χ1) is 15.0. The van der Waals surface area contributed by atoms with Gasteiger partial charge in [-0.25, -0.2) is 9.97 Å². The molecule has 0 saturated carbocycles. The summed E-state index contributed by atoms with van der Waals surface area (Å²) in [5.74, 6) is -1.25. The molecule has 8 nitrogen and oxygen atoms in total. The van der Waals surface area contributed by atoms with Crippen LogP contribution in [0.4, 0.5) is 11.4 Å². The van der Waals surface area contributed by atoms with Crippen molar-refractivity contribution < 1.29 is 19.4 Å². The van der Waals surface area contributed by atoms with E-state index in [1.54, 1.807) is 12.4 Å². The third-order valence-corrected chi connectivity index (χ3v) is 5.64. The minimum atomic E-state index is -0.779. The molecular formula is C23H32N4O4. The van der Waals surface area contributed by atoms with E-state index in [1.807, 2.05) is 38.1 Å². The van der Waals surface area contributed by atoms with Crippen molar-refractivity contribution in [3.05, 3.63) is 42.2 Å². The molecule has 1 aromatic heterocycles. The SMILES string of the molecule is CCCC(C(=O)O)c1ccc(NC2CCOC2(CC)Nc2cnc(OCC)nc2)cc1. The fourth-order valence-electron chi connectivity index (χ4n) is 4.00. The zero-order valence-corrected chi connectivity index (χ0v) is 18.4. The van der Waals surface area contributed by atoms with Crippen LogP contribution in [0.5, 0.6) is 6.01 Å². The van der Waals surface area contributed by atoms with Gasteiger partial charge >= 0.3 is 12.0 Å². The van der Waals surface area contributed by atoms with Gasteiger partial charge in [-0.2, -0.15) is 0 Å². The summed E-state index contributed by atoms with van der Waals surface area (Å²) in [5, 5.41) is 16.5. The van der Waals surface area contributed by atoms with Crippen molar-refractivity contribution >= 4 is 17.3 Å². The Kier molecular flexibility index (Phi) is 7.68. The van der Waals surface area contributed by atoms with Crippen molar-refractivity contribution in [1.29, 1.82) is 0 Å². The molecule has 0 spiro atoms. The minimum absolute atomic E-state index is 0.0285. The van der Waals surface area contributed by atoms with Gasteiger partial charge in [-0.15, -0.1) is 0 Å². The summed E-state index contributed by atoms with van der Waals surface area (Å²) in [4.78, 5) is 20.0. The van der Waals surface area contributed by atoms with E-state index in [2.05, 4.69) is 27.5 Å². The van der Waals surface area contributed by atoms with Gasteiger partial charge in [-0.05, 0) is 43.9 Å². The molecule has 168 valence electrons. The highest BCUT2D eigenvalue weighted by atomic mass is 16.5. The maximum atomic E-state index is 11.6. The Hall–Kier alpha value is -2.87. The summed E-state index contributed by atoms with van der Waals surface area (Å²) in [7, 11) is 0. The number of ether oxygens (including phenoxy) is 2. The molecule has 3 unspecified atom stereocenters. The zero-order valence-electron chi connectivity index (χ0n) is 18.4. The number of carboxylic acid groups (broad SMARTS) is 1. The van der Waals surface area contributed by atoms with E-state index in [-0.39, 0.29) is 6.04 Å². The van der Waals surface area contributed by atoms with E-state index >= 15 is 0 Å². The second kappa shape index (κ2) is 10.4. The molecule has 0 radical (unpaired) electrons. The van der Waals surface area contributed by atoms with Crippen LogP contribution in [-0.4, -0.2) is 46.0 Å². The number of anilines is 2. The van der Waals surface area contributed by atoms with Crippen LogP contribution >= 0.6 is 0 Å². The number of rotatable bonds is 11. The van der Waals surface area contributed by atoms with Crippen LogP contribution in [0, 0.1) is 0 Å². The standard InChI is InChI=1S/C23H32N4O4/c1-4-7-19(21(28)29)16-8-10-17(11-9-16)26-20-12-13-31-23(20,5-2)27-18-14-24-22(25-15-18)30-6-3/h8-11,14-15,19-20,26-27H,4-7,12-13H2,1-3H3,(H,28,29). The zero-order chi connectivity index (χ0) is 22.3. The monoisotopic (exact) mass is 428 g/mol. The number of carbonyl (C=O) groups is 1. The molecule has 3 atom stereocenters. The lowest BCUT2D eigenvalue weighted by atomic mass is 9.94. The lowest BCUT2D eigenvalue weighted by Crippen LogP contribution is -2.50. The molecule has 1 saturated heterocycles. The summed E-state index contributed by atoms with van der Waals surface area (Å²) in [6.45, 7) is 7.12. The van der Waals surface area contributed by atoms with Gasteiger partial charge in [0, 0.05) is 5.69 Å². The number of benzene rings is 1. The highest BCUT2D eigenvalue weighted by molar-refractivity contribution is 5.76. The first kappa shape index (κ1) is 22.8. The Bertz CT molecular complexity index is 844. The number of hydrogen-bond acceptors (Lipinski definition) is 7. The van der Waals surface area contributed by atoms with Crippen molar-refractivity contribution in [2.24, 2.45) is 0 Å². The molecule has 0 amide bonds.